The van der Waals surface area contributed by atoms with Crippen molar-refractivity contribution < 1.29 is 4.42 Å². The van der Waals surface area contributed by atoms with Crippen LogP contribution in [0.5, 0.6) is 0 Å². The molecule has 122 valence electrons. The minimum Gasteiger partial charge on any atom is -0.409 e. The van der Waals surface area contributed by atoms with Gasteiger partial charge >= 0.3 is 5.76 Å². The molecule has 5 heteroatoms. The van der Waals surface area contributed by atoms with E-state index in [1.54, 1.807) is 18.2 Å². The monoisotopic (exact) mass is 349 g/mol. The number of hydrogen-bond acceptors (Lipinski definition) is 3. The summed E-state index contributed by atoms with van der Waals surface area (Å²) in [6.07, 6.45) is 0. The van der Waals surface area contributed by atoms with Gasteiger partial charge in [0.2, 0.25) is 0 Å². The Bertz CT molecular complexity index is 1180. The van der Waals surface area contributed by atoms with E-state index in [2.05, 4.69) is 0 Å². The van der Waals surface area contributed by atoms with Crippen LogP contribution in [0.4, 0.5) is 0 Å². The quantitative estimate of drug-likeness (QED) is 0.543. The first kappa shape index (κ1) is 15.4. The fourth-order valence-corrected chi connectivity index (χ4v) is 2.93. The largest absolute Gasteiger partial charge is 0.426 e. The Hall–Kier alpha value is -3.11. The summed E-state index contributed by atoms with van der Waals surface area (Å²) in [6, 6.07) is 21.6. The summed E-state index contributed by atoms with van der Waals surface area (Å²) in [5.74, 6) is -0.729. The fourth-order valence-electron chi connectivity index (χ4n) is 2.76. The molecule has 4 nitrogen and oxygen atoms in total. The van der Waals surface area contributed by atoms with Gasteiger partial charge in [-0.15, -0.1) is 0 Å². The molecule has 0 fully saturated rings. The van der Waals surface area contributed by atoms with E-state index in [1.165, 1.54) is 12.1 Å². The number of rotatable bonds is 2. The Morgan fingerprint density at radius 1 is 0.800 bits per heavy atom. The highest BCUT2D eigenvalue weighted by Crippen LogP contribution is 2.20. The summed E-state index contributed by atoms with van der Waals surface area (Å²) in [4.78, 5) is 25.0. The van der Waals surface area contributed by atoms with Crippen LogP contribution in [0, 0.1) is 0 Å². The molecule has 25 heavy (non-hydrogen) atoms. The highest BCUT2D eigenvalue weighted by Gasteiger charge is 2.12. The number of aromatic nitrogens is 1. The molecule has 0 aliphatic heterocycles. The number of hydrogen-bond donors (Lipinski definition) is 0. The second-order valence-corrected chi connectivity index (χ2v) is 6.00. The molecule has 0 bridgehead atoms. The first-order valence-corrected chi connectivity index (χ1v) is 8.02. The predicted molar refractivity (Wildman–Crippen MR) is 98.5 cm³/mol. The van der Waals surface area contributed by atoms with Gasteiger partial charge in [0, 0.05) is 5.02 Å². The van der Waals surface area contributed by atoms with Crippen molar-refractivity contribution in [2.75, 3.05) is 0 Å². The second-order valence-electron chi connectivity index (χ2n) is 5.56. The molecule has 0 radical (unpaired) electrons. The van der Waals surface area contributed by atoms with E-state index in [0.29, 0.717) is 10.7 Å². The van der Waals surface area contributed by atoms with Gasteiger partial charge in [0.1, 0.15) is 5.58 Å². The molecule has 3 aromatic carbocycles. The van der Waals surface area contributed by atoms with Gasteiger partial charge in [-0.1, -0.05) is 54.1 Å². The average molecular weight is 350 g/mol. The highest BCUT2D eigenvalue weighted by molar-refractivity contribution is 6.31. The van der Waals surface area contributed by atoms with Gasteiger partial charge in [0.25, 0.3) is 5.56 Å². The Labute approximate surface area is 147 Å². The number of nitrogens with zero attached hydrogens (tertiary/aromatic N) is 1. The number of halogens is 1. The number of benzene rings is 3. The Morgan fingerprint density at radius 2 is 1.48 bits per heavy atom. The molecule has 4 rings (SSSR count). The van der Waals surface area contributed by atoms with Gasteiger partial charge in [-0.05, 0) is 41.5 Å². The molecular weight excluding hydrogens is 338 g/mol. The Balaban J connectivity index is 1.87. The summed E-state index contributed by atoms with van der Waals surface area (Å²) in [5, 5.41) is 0.670. The zero-order chi connectivity index (χ0) is 17.4. The van der Waals surface area contributed by atoms with E-state index in [1.807, 2.05) is 42.5 Å². The molecule has 0 N–H and O–H groups in total. The lowest BCUT2D eigenvalue weighted by molar-refractivity contribution is 0.504. The SMILES string of the molecule is O=c1oc2ccc(Cl)cc2c(=O)n1-c1ccc(-c2ccccc2)cc1. The van der Waals surface area contributed by atoms with E-state index in [-0.39, 0.29) is 11.0 Å². The Kier molecular flexibility index (Phi) is 3.75. The van der Waals surface area contributed by atoms with E-state index in [0.717, 1.165) is 15.7 Å². The van der Waals surface area contributed by atoms with Gasteiger partial charge in [-0.25, -0.2) is 9.36 Å². The van der Waals surface area contributed by atoms with Gasteiger partial charge in [0.05, 0.1) is 11.1 Å². The maximum absolute atomic E-state index is 12.7. The minimum absolute atomic E-state index is 0.219. The zero-order valence-electron chi connectivity index (χ0n) is 13.0. The lowest BCUT2D eigenvalue weighted by Crippen LogP contribution is -2.30. The zero-order valence-corrected chi connectivity index (χ0v) is 13.7. The predicted octanol–water partition coefficient (Wildman–Crippen LogP) is 4.26. The molecule has 0 saturated heterocycles. The van der Waals surface area contributed by atoms with Gasteiger partial charge in [-0.2, -0.15) is 0 Å². The van der Waals surface area contributed by atoms with Crippen LogP contribution in [0.2, 0.25) is 5.02 Å². The first-order valence-electron chi connectivity index (χ1n) is 7.65. The minimum atomic E-state index is -0.729. The van der Waals surface area contributed by atoms with Crippen molar-refractivity contribution in [1.29, 1.82) is 0 Å². The van der Waals surface area contributed by atoms with Crippen molar-refractivity contribution in [1.82, 2.24) is 4.57 Å². The van der Waals surface area contributed by atoms with Gasteiger partial charge in [-0.3, -0.25) is 4.79 Å². The topological polar surface area (TPSA) is 52.2 Å². The van der Waals surface area contributed by atoms with Crippen LogP contribution in [-0.4, -0.2) is 4.57 Å². The molecular formula is C20H12ClNO3. The van der Waals surface area contributed by atoms with Crippen LogP contribution in [0.1, 0.15) is 0 Å². The molecule has 1 aromatic heterocycles. The maximum atomic E-state index is 12.7. The van der Waals surface area contributed by atoms with Crippen LogP contribution >= 0.6 is 11.6 Å². The molecule has 0 aliphatic rings. The lowest BCUT2D eigenvalue weighted by atomic mass is 10.1. The maximum Gasteiger partial charge on any atom is 0.426 e. The van der Waals surface area contributed by atoms with E-state index >= 15 is 0 Å². The fraction of sp³-hybridized carbons (Fsp3) is 0. The molecule has 4 aromatic rings. The van der Waals surface area contributed by atoms with Crippen LogP contribution in [0.25, 0.3) is 27.8 Å². The van der Waals surface area contributed by atoms with E-state index in [4.69, 9.17) is 16.0 Å². The molecule has 0 saturated carbocycles. The normalized spacial score (nSPS) is 10.9. The van der Waals surface area contributed by atoms with Crippen molar-refractivity contribution in [3.63, 3.8) is 0 Å². The third kappa shape index (κ3) is 2.77. The van der Waals surface area contributed by atoms with Crippen molar-refractivity contribution >= 4 is 22.6 Å². The van der Waals surface area contributed by atoms with Crippen molar-refractivity contribution in [2.45, 2.75) is 0 Å². The van der Waals surface area contributed by atoms with Crippen molar-refractivity contribution in [2.24, 2.45) is 0 Å². The third-order valence-electron chi connectivity index (χ3n) is 3.99. The van der Waals surface area contributed by atoms with Crippen molar-refractivity contribution in [3.8, 4) is 16.8 Å². The van der Waals surface area contributed by atoms with Crippen LogP contribution in [0.3, 0.4) is 0 Å². The van der Waals surface area contributed by atoms with Crippen LogP contribution in [-0.2, 0) is 0 Å². The third-order valence-corrected chi connectivity index (χ3v) is 4.22. The Morgan fingerprint density at radius 3 is 2.20 bits per heavy atom. The van der Waals surface area contributed by atoms with Gasteiger partial charge < -0.3 is 4.42 Å². The van der Waals surface area contributed by atoms with Gasteiger partial charge in [0.15, 0.2) is 0 Å². The summed E-state index contributed by atoms with van der Waals surface area (Å²) >= 11 is 5.95. The first-order chi connectivity index (χ1) is 12.1. The standard InChI is InChI=1S/C20H12ClNO3/c21-15-8-11-18-17(12-15)19(23)22(20(24)25-18)16-9-6-14(7-10-16)13-4-2-1-3-5-13/h1-12H. The average Bonchev–Trinajstić information content (AvgIpc) is 2.64. The molecule has 0 aliphatic carbocycles. The molecule has 0 spiro atoms. The lowest BCUT2D eigenvalue weighted by Gasteiger charge is -2.07. The second kappa shape index (κ2) is 6.07. The van der Waals surface area contributed by atoms with Crippen molar-refractivity contribution in [3.05, 3.63) is 98.7 Å². The van der Waals surface area contributed by atoms with Crippen LogP contribution in [0.15, 0.2) is 86.8 Å². The van der Waals surface area contributed by atoms with E-state index in [9.17, 15) is 9.59 Å². The summed E-state index contributed by atoms with van der Waals surface area (Å²) in [5.41, 5.74) is 2.25. The number of fused-ring (bicyclic) bond motifs is 1. The summed E-state index contributed by atoms with van der Waals surface area (Å²) in [6.45, 7) is 0. The van der Waals surface area contributed by atoms with Crippen LogP contribution < -0.4 is 11.3 Å². The molecule has 0 amide bonds. The molecule has 1 heterocycles. The summed E-state index contributed by atoms with van der Waals surface area (Å²) < 4.78 is 6.25. The summed E-state index contributed by atoms with van der Waals surface area (Å²) in [7, 11) is 0. The van der Waals surface area contributed by atoms with E-state index < -0.39 is 11.3 Å². The highest BCUT2D eigenvalue weighted by atomic mass is 35.5. The smallest absolute Gasteiger partial charge is 0.409 e. The molecule has 0 atom stereocenters. The molecule has 0 unspecified atom stereocenters.